The molecule has 5 nitrogen and oxygen atoms in total. The van der Waals surface area contributed by atoms with E-state index < -0.39 is 0 Å². The predicted octanol–water partition coefficient (Wildman–Crippen LogP) is 2.09. The summed E-state index contributed by atoms with van der Waals surface area (Å²) in [4.78, 5) is 17.5. The Morgan fingerprint density at radius 2 is 2.17 bits per heavy atom. The number of oxime groups is 1. The van der Waals surface area contributed by atoms with Gasteiger partial charge in [-0.1, -0.05) is 35.5 Å². The number of rotatable bonds is 3. The number of carbonyl (C=O) groups excluding carboxylic acids is 1. The van der Waals surface area contributed by atoms with E-state index in [2.05, 4.69) is 15.4 Å². The van der Waals surface area contributed by atoms with Crippen LogP contribution in [0.4, 0.5) is 0 Å². The van der Waals surface area contributed by atoms with Gasteiger partial charge in [0.05, 0.1) is 6.20 Å². The standard InChI is InChI=1S/C13H11N3O2/c17-13(9-4-2-1-3-5-9)12-10(8-14-16-12)11-6-7-15-18-11/h1-5,7-8,11H,6H2,(H,14,16). The monoisotopic (exact) mass is 241 g/mol. The Morgan fingerprint density at radius 3 is 2.89 bits per heavy atom. The first kappa shape index (κ1) is 10.7. The molecular weight excluding hydrogens is 230 g/mol. The summed E-state index contributed by atoms with van der Waals surface area (Å²) in [5.74, 6) is -0.0846. The van der Waals surface area contributed by atoms with Gasteiger partial charge in [-0.2, -0.15) is 5.10 Å². The summed E-state index contributed by atoms with van der Waals surface area (Å²) in [6, 6.07) is 9.09. The van der Waals surface area contributed by atoms with Crippen LogP contribution in [0.2, 0.25) is 0 Å². The van der Waals surface area contributed by atoms with Gasteiger partial charge >= 0.3 is 0 Å². The number of H-pyrrole nitrogens is 1. The molecule has 1 atom stereocenters. The maximum Gasteiger partial charge on any atom is 0.211 e. The second-order valence-corrected chi connectivity index (χ2v) is 4.01. The van der Waals surface area contributed by atoms with Crippen LogP contribution < -0.4 is 0 Å². The third-order valence-electron chi connectivity index (χ3n) is 2.86. The summed E-state index contributed by atoms with van der Waals surface area (Å²) in [7, 11) is 0. The Morgan fingerprint density at radius 1 is 1.33 bits per heavy atom. The third kappa shape index (κ3) is 1.79. The van der Waals surface area contributed by atoms with E-state index in [0.717, 1.165) is 5.56 Å². The summed E-state index contributed by atoms with van der Waals surface area (Å²) in [6.45, 7) is 0. The zero-order chi connectivity index (χ0) is 12.4. The fourth-order valence-corrected chi connectivity index (χ4v) is 1.94. The number of ketones is 1. The van der Waals surface area contributed by atoms with Crippen molar-refractivity contribution in [1.29, 1.82) is 0 Å². The molecule has 0 saturated carbocycles. The first-order chi connectivity index (χ1) is 8.86. The topological polar surface area (TPSA) is 67.3 Å². The normalized spacial score (nSPS) is 17.7. The lowest BCUT2D eigenvalue weighted by Gasteiger charge is -2.07. The highest BCUT2D eigenvalue weighted by molar-refractivity contribution is 6.08. The van der Waals surface area contributed by atoms with E-state index in [1.807, 2.05) is 18.2 Å². The van der Waals surface area contributed by atoms with E-state index in [4.69, 9.17) is 4.84 Å². The van der Waals surface area contributed by atoms with Crippen LogP contribution in [0, 0.1) is 0 Å². The SMILES string of the molecule is O=C(c1ccccc1)c1[nH]ncc1C1CC=NO1. The Hall–Kier alpha value is -2.43. The molecule has 0 spiro atoms. The molecule has 5 heteroatoms. The summed E-state index contributed by atoms with van der Waals surface area (Å²) in [5.41, 5.74) is 1.85. The first-order valence-electron chi connectivity index (χ1n) is 5.67. The smallest absolute Gasteiger partial charge is 0.211 e. The number of hydrogen-bond acceptors (Lipinski definition) is 4. The van der Waals surface area contributed by atoms with Crippen LogP contribution in [-0.4, -0.2) is 22.2 Å². The lowest BCUT2D eigenvalue weighted by Crippen LogP contribution is -2.07. The van der Waals surface area contributed by atoms with Crippen molar-refractivity contribution >= 4 is 12.0 Å². The Bertz CT molecular complexity index is 581. The van der Waals surface area contributed by atoms with Crippen LogP contribution in [-0.2, 0) is 4.84 Å². The van der Waals surface area contributed by atoms with Crippen molar-refractivity contribution in [2.75, 3.05) is 0 Å². The fraction of sp³-hybridized carbons (Fsp3) is 0.154. The third-order valence-corrected chi connectivity index (χ3v) is 2.86. The maximum absolute atomic E-state index is 12.3. The molecule has 3 rings (SSSR count). The van der Waals surface area contributed by atoms with E-state index in [1.54, 1.807) is 24.5 Å². The van der Waals surface area contributed by atoms with Crippen molar-refractivity contribution in [2.45, 2.75) is 12.5 Å². The van der Waals surface area contributed by atoms with Crippen molar-refractivity contribution in [1.82, 2.24) is 10.2 Å². The van der Waals surface area contributed by atoms with Crippen LogP contribution >= 0.6 is 0 Å². The molecule has 0 saturated heterocycles. The van der Waals surface area contributed by atoms with E-state index in [-0.39, 0.29) is 11.9 Å². The molecule has 0 radical (unpaired) electrons. The molecule has 0 fully saturated rings. The number of hydrogen-bond donors (Lipinski definition) is 1. The Balaban J connectivity index is 1.93. The number of aromatic nitrogens is 2. The minimum atomic E-state index is -0.216. The van der Waals surface area contributed by atoms with E-state index >= 15 is 0 Å². The number of nitrogens with one attached hydrogen (secondary N) is 1. The van der Waals surface area contributed by atoms with Gasteiger partial charge in [0.25, 0.3) is 0 Å². The average Bonchev–Trinajstić information content (AvgIpc) is 3.09. The molecule has 1 aliphatic rings. The Labute approximate surface area is 103 Å². The van der Waals surface area contributed by atoms with Gasteiger partial charge in [-0.25, -0.2) is 0 Å². The number of nitrogens with zero attached hydrogens (tertiary/aromatic N) is 2. The molecule has 0 aliphatic carbocycles. The van der Waals surface area contributed by atoms with Gasteiger partial charge in [-0.15, -0.1) is 0 Å². The second kappa shape index (κ2) is 4.44. The predicted molar refractivity (Wildman–Crippen MR) is 65.4 cm³/mol. The summed E-state index contributed by atoms with van der Waals surface area (Å²) in [6.07, 6.45) is 3.75. The van der Waals surface area contributed by atoms with Crippen molar-refractivity contribution in [3.05, 3.63) is 53.3 Å². The molecule has 1 N–H and O–H groups in total. The van der Waals surface area contributed by atoms with Gasteiger partial charge < -0.3 is 4.84 Å². The summed E-state index contributed by atoms with van der Waals surface area (Å²) in [5, 5.41) is 10.4. The molecule has 1 aromatic carbocycles. The van der Waals surface area contributed by atoms with Crippen LogP contribution in [0.25, 0.3) is 0 Å². The minimum Gasteiger partial charge on any atom is -0.387 e. The van der Waals surface area contributed by atoms with Crippen molar-refractivity contribution < 1.29 is 9.63 Å². The minimum absolute atomic E-state index is 0.0846. The van der Waals surface area contributed by atoms with Gasteiger partial charge in [0.15, 0.2) is 6.10 Å². The quantitative estimate of drug-likeness (QED) is 0.836. The van der Waals surface area contributed by atoms with Gasteiger partial charge in [-0.3, -0.25) is 9.89 Å². The van der Waals surface area contributed by atoms with Gasteiger partial charge in [0, 0.05) is 23.8 Å². The highest BCUT2D eigenvalue weighted by atomic mass is 16.6. The molecule has 0 amide bonds. The first-order valence-corrected chi connectivity index (χ1v) is 5.67. The molecule has 2 heterocycles. The molecule has 1 unspecified atom stereocenters. The van der Waals surface area contributed by atoms with E-state index in [1.165, 1.54) is 0 Å². The van der Waals surface area contributed by atoms with Gasteiger partial charge in [0.2, 0.25) is 5.78 Å². The number of carbonyl (C=O) groups is 1. The van der Waals surface area contributed by atoms with Crippen LogP contribution in [0.1, 0.15) is 34.1 Å². The van der Waals surface area contributed by atoms with Gasteiger partial charge in [-0.05, 0) is 0 Å². The molecule has 18 heavy (non-hydrogen) atoms. The number of aromatic amines is 1. The van der Waals surface area contributed by atoms with E-state index in [0.29, 0.717) is 17.7 Å². The van der Waals surface area contributed by atoms with Crippen molar-refractivity contribution in [2.24, 2.45) is 5.16 Å². The zero-order valence-electron chi connectivity index (χ0n) is 9.54. The highest BCUT2D eigenvalue weighted by Gasteiger charge is 2.25. The summed E-state index contributed by atoms with van der Waals surface area (Å²) >= 11 is 0. The van der Waals surface area contributed by atoms with Crippen LogP contribution in [0.15, 0.2) is 41.7 Å². The second-order valence-electron chi connectivity index (χ2n) is 4.01. The molecule has 1 aromatic heterocycles. The largest absolute Gasteiger partial charge is 0.387 e. The van der Waals surface area contributed by atoms with E-state index in [9.17, 15) is 4.79 Å². The Kier molecular flexibility index (Phi) is 2.64. The average molecular weight is 241 g/mol. The molecule has 0 bridgehead atoms. The van der Waals surface area contributed by atoms with Crippen LogP contribution in [0.5, 0.6) is 0 Å². The molecular formula is C13H11N3O2. The van der Waals surface area contributed by atoms with Crippen molar-refractivity contribution in [3.63, 3.8) is 0 Å². The van der Waals surface area contributed by atoms with Crippen molar-refractivity contribution in [3.8, 4) is 0 Å². The maximum atomic E-state index is 12.3. The highest BCUT2D eigenvalue weighted by Crippen LogP contribution is 2.27. The molecule has 2 aromatic rings. The fourth-order valence-electron chi connectivity index (χ4n) is 1.94. The van der Waals surface area contributed by atoms with Crippen LogP contribution in [0.3, 0.4) is 0 Å². The lowest BCUT2D eigenvalue weighted by molar-refractivity contribution is 0.0835. The zero-order valence-corrected chi connectivity index (χ0v) is 9.54. The summed E-state index contributed by atoms with van der Waals surface area (Å²) < 4.78 is 0. The number of benzene rings is 1. The lowest BCUT2D eigenvalue weighted by atomic mass is 10.0. The molecule has 1 aliphatic heterocycles. The molecule has 90 valence electrons. The van der Waals surface area contributed by atoms with Gasteiger partial charge in [0.1, 0.15) is 5.69 Å².